The quantitative estimate of drug-likeness (QED) is 0.524. The summed E-state index contributed by atoms with van der Waals surface area (Å²) >= 11 is 0. The van der Waals surface area contributed by atoms with E-state index in [2.05, 4.69) is 5.32 Å². The van der Waals surface area contributed by atoms with Crippen molar-refractivity contribution in [2.24, 2.45) is 0 Å². The molecule has 1 fully saturated rings. The third kappa shape index (κ3) is 6.32. The Labute approximate surface area is 85.6 Å². The molecule has 0 aromatic rings. The Hall–Kier alpha value is -0.160. The van der Waals surface area contributed by atoms with Gasteiger partial charge in [-0.1, -0.05) is 0 Å². The first-order valence-electron chi connectivity index (χ1n) is 5.40. The summed E-state index contributed by atoms with van der Waals surface area (Å²) in [7, 11) is 0. The highest BCUT2D eigenvalue weighted by molar-refractivity contribution is 4.81. The largest absolute Gasteiger partial charge is 0.389 e. The van der Waals surface area contributed by atoms with E-state index in [9.17, 15) is 5.11 Å². The molecule has 84 valence electrons. The highest BCUT2D eigenvalue weighted by atomic mass is 16.5. The van der Waals surface area contributed by atoms with Gasteiger partial charge in [-0.3, -0.25) is 0 Å². The summed E-state index contributed by atoms with van der Waals surface area (Å²) in [6.45, 7) is 4.88. The SMILES string of the molecule is CCOCCOCC(O)CNC1CC1. The maximum atomic E-state index is 9.45. The Balaban J connectivity index is 1.79. The highest BCUT2D eigenvalue weighted by Crippen LogP contribution is 2.18. The fraction of sp³-hybridized carbons (Fsp3) is 1.00. The molecule has 0 aromatic heterocycles. The van der Waals surface area contributed by atoms with E-state index in [0.29, 0.717) is 32.4 Å². The van der Waals surface area contributed by atoms with E-state index < -0.39 is 6.10 Å². The van der Waals surface area contributed by atoms with Gasteiger partial charge in [-0.15, -0.1) is 0 Å². The third-order valence-corrected chi connectivity index (χ3v) is 2.11. The smallest absolute Gasteiger partial charge is 0.0897 e. The summed E-state index contributed by atoms with van der Waals surface area (Å²) in [4.78, 5) is 0. The van der Waals surface area contributed by atoms with Gasteiger partial charge in [0.2, 0.25) is 0 Å². The summed E-state index contributed by atoms with van der Waals surface area (Å²) in [6.07, 6.45) is 2.10. The van der Waals surface area contributed by atoms with Gasteiger partial charge in [-0.05, 0) is 19.8 Å². The van der Waals surface area contributed by atoms with E-state index in [0.717, 1.165) is 6.61 Å². The van der Waals surface area contributed by atoms with E-state index >= 15 is 0 Å². The van der Waals surface area contributed by atoms with Crippen molar-refractivity contribution >= 4 is 0 Å². The normalized spacial score (nSPS) is 18.4. The van der Waals surface area contributed by atoms with Gasteiger partial charge in [0.25, 0.3) is 0 Å². The molecule has 0 saturated heterocycles. The number of rotatable bonds is 9. The van der Waals surface area contributed by atoms with Gasteiger partial charge in [0.15, 0.2) is 0 Å². The first-order valence-corrected chi connectivity index (χ1v) is 5.40. The predicted molar refractivity (Wildman–Crippen MR) is 54.3 cm³/mol. The molecule has 14 heavy (non-hydrogen) atoms. The van der Waals surface area contributed by atoms with E-state index in [-0.39, 0.29) is 0 Å². The third-order valence-electron chi connectivity index (χ3n) is 2.11. The van der Waals surface area contributed by atoms with Gasteiger partial charge in [-0.2, -0.15) is 0 Å². The number of aliphatic hydroxyl groups excluding tert-OH is 1. The average Bonchev–Trinajstić information content (AvgIpc) is 2.98. The van der Waals surface area contributed by atoms with Crippen molar-refractivity contribution in [3.63, 3.8) is 0 Å². The van der Waals surface area contributed by atoms with Crippen LogP contribution < -0.4 is 5.32 Å². The van der Waals surface area contributed by atoms with E-state index in [4.69, 9.17) is 9.47 Å². The standard InChI is InChI=1S/C10H21NO3/c1-2-13-5-6-14-8-10(12)7-11-9-3-4-9/h9-12H,2-8H2,1H3. The zero-order valence-corrected chi connectivity index (χ0v) is 8.87. The van der Waals surface area contributed by atoms with Gasteiger partial charge >= 0.3 is 0 Å². The molecule has 0 heterocycles. The second-order valence-electron chi connectivity index (χ2n) is 3.61. The Kier molecular flexibility index (Phi) is 6.10. The number of aliphatic hydroxyl groups is 1. The molecule has 1 rings (SSSR count). The molecule has 4 heteroatoms. The predicted octanol–water partition coefficient (Wildman–Crippen LogP) is 0.152. The topological polar surface area (TPSA) is 50.7 Å². The molecule has 2 N–H and O–H groups in total. The lowest BCUT2D eigenvalue weighted by molar-refractivity contribution is 0.00641. The average molecular weight is 203 g/mol. The summed E-state index contributed by atoms with van der Waals surface area (Å²) in [5, 5.41) is 12.7. The van der Waals surface area contributed by atoms with Gasteiger partial charge in [0, 0.05) is 19.2 Å². The number of ether oxygens (including phenoxy) is 2. The van der Waals surface area contributed by atoms with Crippen molar-refractivity contribution in [3.05, 3.63) is 0 Å². The number of hydrogen-bond acceptors (Lipinski definition) is 4. The molecule has 0 aliphatic heterocycles. The lowest BCUT2D eigenvalue weighted by Crippen LogP contribution is -2.32. The fourth-order valence-corrected chi connectivity index (χ4v) is 1.13. The minimum Gasteiger partial charge on any atom is -0.389 e. The molecule has 1 aliphatic rings. The van der Waals surface area contributed by atoms with E-state index in [1.54, 1.807) is 0 Å². The molecule has 0 aromatic carbocycles. The molecule has 4 nitrogen and oxygen atoms in total. The van der Waals surface area contributed by atoms with Crippen LogP contribution in [-0.4, -0.2) is 50.2 Å². The monoisotopic (exact) mass is 203 g/mol. The lowest BCUT2D eigenvalue weighted by atomic mass is 10.4. The molecular weight excluding hydrogens is 182 g/mol. The molecule has 0 spiro atoms. The van der Waals surface area contributed by atoms with Crippen LogP contribution in [0, 0.1) is 0 Å². The van der Waals surface area contributed by atoms with Crippen LogP contribution in [0.3, 0.4) is 0 Å². The van der Waals surface area contributed by atoms with E-state index in [1.807, 2.05) is 6.92 Å². The molecule has 1 aliphatic carbocycles. The summed E-state index contributed by atoms with van der Waals surface area (Å²) in [6, 6.07) is 0.646. The molecular formula is C10H21NO3. The van der Waals surface area contributed by atoms with Crippen molar-refractivity contribution < 1.29 is 14.6 Å². The van der Waals surface area contributed by atoms with Crippen LogP contribution in [0.5, 0.6) is 0 Å². The Morgan fingerprint density at radius 1 is 1.36 bits per heavy atom. The van der Waals surface area contributed by atoms with Crippen LogP contribution in [0.2, 0.25) is 0 Å². The van der Waals surface area contributed by atoms with Crippen LogP contribution >= 0.6 is 0 Å². The second kappa shape index (κ2) is 7.17. The van der Waals surface area contributed by atoms with Gasteiger partial charge < -0.3 is 19.9 Å². The summed E-state index contributed by atoms with van der Waals surface area (Å²) in [5.74, 6) is 0. The van der Waals surface area contributed by atoms with Crippen molar-refractivity contribution in [2.75, 3.05) is 33.0 Å². The molecule has 0 radical (unpaired) electrons. The fourth-order valence-electron chi connectivity index (χ4n) is 1.13. The minimum absolute atomic E-state index is 0.391. The Morgan fingerprint density at radius 2 is 2.07 bits per heavy atom. The van der Waals surface area contributed by atoms with Crippen molar-refractivity contribution in [2.45, 2.75) is 31.9 Å². The maximum Gasteiger partial charge on any atom is 0.0897 e. The zero-order valence-electron chi connectivity index (χ0n) is 8.87. The first kappa shape index (κ1) is 11.9. The van der Waals surface area contributed by atoms with Crippen LogP contribution in [-0.2, 0) is 9.47 Å². The first-order chi connectivity index (χ1) is 6.83. The highest BCUT2D eigenvalue weighted by Gasteiger charge is 2.21. The number of nitrogens with one attached hydrogen (secondary N) is 1. The van der Waals surface area contributed by atoms with Crippen LogP contribution in [0.1, 0.15) is 19.8 Å². The van der Waals surface area contributed by atoms with Gasteiger partial charge in [-0.25, -0.2) is 0 Å². The molecule has 0 bridgehead atoms. The van der Waals surface area contributed by atoms with Gasteiger partial charge in [0.1, 0.15) is 0 Å². The minimum atomic E-state index is -0.391. The molecule has 1 saturated carbocycles. The van der Waals surface area contributed by atoms with Crippen molar-refractivity contribution in [3.8, 4) is 0 Å². The summed E-state index contributed by atoms with van der Waals surface area (Å²) in [5.41, 5.74) is 0. The van der Waals surface area contributed by atoms with E-state index in [1.165, 1.54) is 12.8 Å². The zero-order chi connectivity index (χ0) is 10.2. The second-order valence-corrected chi connectivity index (χ2v) is 3.61. The van der Waals surface area contributed by atoms with Crippen molar-refractivity contribution in [1.82, 2.24) is 5.32 Å². The lowest BCUT2D eigenvalue weighted by Gasteiger charge is -2.11. The molecule has 0 amide bonds. The maximum absolute atomic E-state index is 9.45. The van der Waals surface area contributed by atoms with Gasteiger partial charge in [0.05, 0.1) is 25.9 Å². The molecule has 1 unspecified atom stereocenters. The number of hydrogen-bond donors (Lipinski definition) is 2. The summed E-state index contributed by atoms with van der Waals surface area (Å²) < 4.78 is 10.3. The van der Waals surface area contributed by atoms with Crippen molar-refractivity contribution in [1.29, 1.82) is 0 Å². The Morgan fingerprint density at radius 3 is 2.71 bits per heavy atom. The Bertz CT molecular complexity index is 139. The van der Waals surface area contributed by atoms with Crippen LogP contribution in [0.15, 0.2) is 0 Å². The van der Waals surface area contributed by atoms with Crippen LogP contribution in [0.25, 0.3) is 0 Å². The van der Waals surface area contributed by atoms with Crippen LogP contribution in [0.4, 0.5) is 0 Å². The molecule has 1 atom stereocenters.